The van der Waals surface area contributed by atoms with E-state index in [0.717, 1.165) is 11.4 Å². The Morgan fingerprint density at radius 3 is 3.00 bits per heavy atom. The molecule has 9 nitrogen and oxygen atoms in total. The molecule has 0 saturated carbocycles. The van der Waals surface area contributed by atoms with Crippen LogP contribution in [0.2, 0.25) is 0 Å². The third kappa shape index (κ3) is 4.05. The standard InChI is InChI=1S/C11H17N7O2/c12-11(20)8-18-6-9(5-14-18)13-4-10-7-17(16-15-10)2-1-3-19/h5-7,13,19H,1-4,8H2,(H2,12,20). The number of aliphatic hydroxyl groups excluding tert-OH is 1. The molecule has 0 spiro atoms. The quantitative estimate of drug-likeness (QED) is 0.566. The van der Waals surface area contributed by atoms with Gasteiger partial charge in [-0.15, -0.1) is 5.10 Å². The summed E-state index contributed by atoms with van der Waals surface area (Å²) in [6.45, 7) is 1.33. The summed E-state index contributed by atoms with van der Waals surface area (Å²) >= 11 is 0. The van der Waals surface area contributed by atoms with Crippen LogP contribution in [-0.2, 0) is 24.4 Å². The average molecular weight is 279 g/mol. The monoisotopic (exact) mass is 279 g/mol. The van der Waals surface area contributed by atoms with E-state index in [2.05, 4.69) is 20.7 Å². The van der Waals surface area contributed by atoms with Gasteiger partial charge in [0.1, 0.15) is 12.2 Å². The Balaban J connectivity index is 1.83. The highest BCUT2D eigenvalue weighted by Crippen LogP contribution is 2.06. The number of aromatic nitrogens is 5. The number of hydrogen-bond donors (Lipinski definition) is 3. The number of aryl methyl sites for hydroxylation is 1. The number of amides is 1. The van der Waals surface area contributed by atoms with Gasteiger partial charge in [0.2, 0.25) is 5.91 Å². The Morgan fingerprint density at radius 2 is 2.25 bits per heavy atom. The number of anilines is 1. The van der Waals surface area contributed by atoms with Gasteiger partial charge in [0.25, 0.3) is 0 Å². The molecule has 2 aromatic rings. The molecule has 1 amide bonds. The topological polar surface area (TPSA) is 124 Å². The smallest absolute Gasteiger partial charge is 0.239 e. The summed E-state index contributed by atoms with van der Waals surface area (Å²) in [7, 11) is 0. The van der Waals surface area contributed by atoms with Gasteiger partial charge in [-0.25, -0.2) is 0 Å². The fraction of sp³-hybridized carbons (Fsp3) is 0.455. The minimum atomic E-state index is -0.438. The molecular formula is C11H17N7O2. The van der Waals surface area contributed by atoms with Crippen LogP contribution in [0, 0.1) is 0 Å². The first-order chi connectivity index (χ1) is 9.67. The van der Waals surface area contributed by atoms with Crippen molar-refractivity contribution in [3.05, 3.63) is 24.3 Å². The van der Waals surface area contributed by atoms with Gasteiger partial charge in [0, 0.05) is 19.3 Å². The van der Waals surface area contributed by atoms with Crippen molar-refractivity contribution in [2.75, 3.05) is 11.9 Å². The van der Waals surface area contributed by atoms with Crippen LogP contribution in [-0.4, -0.2) is 42.4 Å². The van der Waals surface area contributed by atoms with Gasteiger partial charge >= 0.3 is 0 Å². The van der Waals surface area contributed by atoms with Crippen molar-refractivity contribution in [2.45, 2.75) is 26.1 Å². The van der Waals surface area contributed by atoms with Gasteiger partial charge in [-0.2, -0.15) is 5.10 Å². The van der Waals surface area contributed by atoms with Crippen molar-refractivity contribution in [3.63, 3.8) is 0 Å². The number of hydrogen-bond acceptors (Lipinski definition) is 6. The lowest BCUT2D eigenvalue weighted by atomic mass is 10.4. The van der Waals surface area contributed by atoms with Crippen LogP contribution < -0.4 is 11.1 Å². The van der Waals surface area contributed by atoms with Crippen molar-refractivity contribution in [3.8, 4) is 0 Å². The molecule has 0 aromatic carbocycles. The Bertz CT molecular complexity index is 563. The molecule has 0 aliphatic rings. The lowest BCUT2D eigenvalue weighted by molar-refractivity contribution is -0.118. The minimum absolute atomic E-state index is 0.0546. The van der Waals surface area contributed by atoms with Gasteiger partial charge in [0.05, 0.1) is 24.6 Å². The maximum atomic E-state index is 10.7. The molecule has 0 bridgehead atoms. The van der Waals surface area contributed by atoms with Crippen molar-refractivity contribution in [1.82, 2.24) is 24.8 Å². The van der Waals surface area contributed by atoms with Crippen molar-refractivity contribution >= 4 is 11.6 Å². The summed E-state index contributed by atoms with van der Waals surface area (Å²) in [6.07, 6.45) is 5.77. The molecule has 2 rings (SSSR count). The minimum Gasteiger partial charge on any atom is -0.396 e. The second-order valence-electron chi connectivity index (χ2n) is 4.30. The number of nitrogens with two attached hydrogens (primary N) is 1. The summed E-state index contributed by atoms with van der Waals surface area (Å²) in [6, 6.07) is 0. The van der Waals surface area contributed by atoms with Crippen LogP contribution in [0.4, 0.5) is 5.69 Å². The van der Waals surface area contributed by atoms with Gasteiger partial charge in [-0.3, -0.25) is 14.2 Å². The van der Waals surface area contributed by atoms with Gasteiger partial charge < -0.3 is 16.2 Å². The number of nitrogens with zero attached hydrogens (tertiary/aromatic N) is 5. The zero-order chi connectivity index (χ0) is 14.4. The largest absolute Gasteiger partial charge is 0.396 e. The first-order valence-corrected chi connectivity index (χ1v) is 6.22. The van der Waals surface area contributed by atoms with E-state index in [0.29, 0.717) is 19.5 Å². The molecule has 0 atom stereocenters. The Morgan fingerprint density at radius 1 is 1.40 bits per heavy atom. The van der Waals surface area contributed by atoms with Gasteiger partial charge in [0.15, 0.2) is 0 Å². The summed E-state index contributed by atoms with van der Waals surface area (Å²) in [5.41, 5.74) is 6.64. The SMILES string of the molecule is NC(=O)Cn1cc(NCc2cn(CCCO)nn2)cn1. The molecule has 2 heterocycles. The number of nitrogens with one attached hydrogen (secondary N) is 1. The number of carbonyl (C=O) groups is 1. The van der Waals surface area contributed by atoms with Crippen molar-refractivity contribution in [1.29, 1.82) is 0 Å². The molecule has 20 heavy (non-hydrogen) atoms. The third-order valence-corrected chi connectivity index (χ3v) is 2.56. The fourth-order valence-corrected chi connectivity index (χ4v) is 1.66. The van der Waals surface area contributed by atoms with E-state index in [4.69, 9.17) is 10.8 Å². The highest BCUT2D eigenvalue weighted by molar-refractivity contribution is 5.73. The molecule has 108 valence electrons. The van der Waals surface area contributed by atoms with Crippen LogP contribution in [0.1, 0.15) is 12.1 Å². The van der Waals surface area contributed by atoms with Crippen molar-refractivity contribution in [2.24, 2.45) is 5.73 Å². The first kappa shape index (κ1) is 14.0. The summed E-state index contributed by atoms with van der Waals surface area (Å²) in [5, 5.41) is 23.8. The molecular weight excluding hydrogens is 262 g/mol. The molecule has 9 heteroatoms. The second kappa shape index (κ2) is 6.66. The van der Waals surface area contributed by atoms with Crippen LogP contribution in [0.25, 0.3) is 0 Å². The summed E-state index contributed by atoms with van der Waals surface area (Å²) in [4.78, 5) is 10.7. The fourth-order valence-electron chi connectivity index (χ4n) is 1.66. The predicted molar refractivity (Wildman–Crippen MR) is 70.5 cm³/mol. The zero-order valence-corrected chi connectivity index (χ0v) is 10.9. The number of primary amides is 1. The van der Waals surface area contributed by atoms with E-state index >= 15 is 0 Å². The summed E-state index contributed by atoms with van der Waals surface area (Å²) in [5.74, 6) is -0.438. The van der Waals surface area contributed by atoms with E-state index in [9.17, 15) is 4.79 Å². The Kier molecular flexibility index (Phi) is 4.66. The van der Waals surface area contributed by atoms with Crippen LogP contribution in [0.15, 0.2) is 18.6 Å². The molecule has 0 aliphatic carbocycles. The lowest BCUT2D eigenvalue weighted by Crippen LogP contribution is -2.18. The van der Waals surface area contributed by atoms with Crippen LogP contribution in [0.3, 0.4) is 0 Å². The molecule has 2 aromatic heterocycles. The molecule has 0 aliphatic heterocycles. The van der Waals surface area contributed by atoms with Gasteiger partial charge in [-0.1, -0.05) is 5.21 Å². The third-order valence-electron chi connectivity index (χ3n) is 2.56. The Labute approximate surface area is 115 Å². The molecule has 0 radical (unpaired) electrons. The van der Waals surface area contributed by atoms with E-state index < -0.39 is 5.91 Å². The normalized spacial score (nSPS) is 10.7. The molecule has 0 fully saturated rings. The van der Waals surface area contributed by atoms with E-state index in [1.54, 1.807) is 17.1 Å². The van der Waals surface area contributed by atoms with E-state index in [1.165, 1.54) is 4.68 Å². The maximum absolute atomic E-state index is 10.7. The molecule has 0 saturated heterocycles. The Hall–Kier alpha value is -2.42. The van der Waals surface area contributed by atoms with E-state index in [1.807, 2.05) is 6.20 Å². The first-order valence-electron chi connectivity index (χ1n) is 6.22. The van der Waals surface area contributed by atoms with Gasteiger partial charge in [-0.05, 0) is 6.42 Å². The molecule has 4 N–H and O–H groups in total. The molecule has 0 unspecified atom stereocenters. The van der Waals surface area contributed by atoms with Crippen LogP contribution >= 0.6 is 0 Å². The zero-order valence-electron chi connectivity index (χ0n) is 10.9. The van der Waals surface area contributed by atoms with Crippen LogP contribution in [0.5, 0.6) is 0 Å². The number of aliphatic hydroxyl groups is 1. The highest BCUT2D eigenvalue weighted by Gasteiger charge is 2.03. The maximum Gasteiger partial charge on any atom is 0.239 e. The summed E-state index contributed by atoms with van der Waals surface area (Å²) < 4.78 is 3.15. The number of carbonyl (C=O) groups excluding carboxylic acids is 1. The highest BCUT2D eigenvalue weighted by atomic mass is 16.3. The second-order valence-corrected chi connectivity index (χ2v) is 4.30. The number of rotatable bonds is 8. The lowest BCUT2D eigenvalue weighted by Gasteiger charge is -1.99. The van der Waals surface area contributed by atoms with Crippen molar-refractivity contribution < 1.29 is 9.90 Å². The average Bonchev–Trinajstić information content (AvgIpc) is 3.02. The van der Waals surface area contributed by atoms with E-state index in [-0.39, 0.29) is 13.2 Å². The predicted octanol–water partition coefficient (Wildman–Crippen LogP) is -1.05.